The first-order valence-corrected chi connectivity index (χ1v) is 9.90. The highest BCUT2D eigenvalue weighted by molar-refractivity contribution is 7.58. The zero-order chi connectivity index (χ0) is 20.1. The molecule has 5 atom stereocenters. The van der Waals surface area contributed by atoms with Crippen LogP contribution in [0.15, 0.2) is 11.6 Å². The average molecular weight is 396 g/mol. The molecule has 152 valence electrons. The van der Waals surface area contributed by atoms with Crippen LogP contribution in [-0.4, -0.2) is 70.9 Å². The second-order valence-corrected chi connectivity index (χ2v) is 8.03. The van der Waals surface area contributed by atoms with E-state index in [1.54, 1.807) is 13.8 Å². The Morgan fingerprint density at radius 1 is 1.42 bits per heavy atom. The molecular weight excluding hydrogens is 367 g/mol. The van der Waals surface area contributed by atoms with Crippen molar-refractivity contribution in [3.8, 4) is 0 Å². The molecule has 0 fully saturated rings. The van der Waals surface area contributed by atoms with Crippen LogP contribution in [0, 0.1) is 0 Å². The van der Waals surface area contributed by atoms with Gasteiger partial charge in [-0.1, -0.05) is 0 Å². The largest absolute Gasteiger partial charge is 0.475 e. The van der Waals surface area contributed by atoms with Crippen LogP contribution < -0.4 is 11.1 Å². The smallest absolute Gasteiger partial charge is 0.395 e. The van der Waals surface area contributed by atoms with E-state index in [1.165, 1.54) is 19.9 Å². The average Bonchev–Trinajstić information content (AvgIpc) is 2.56. The van der Waals surface area contributed by atoms with Gasteiger partial charge in [-0.15, -0.1) is 0 Å². The van der Waals surface area contributed by atoms with Gasteiger partial charge >= 0.3 is 7.60 Å². The Hall–Kier alpha value is -1.00. The molecule has 0 aromatic rings. The summed E-state index contributed by atoms with van der Waals surface area (Å²) in [6.07, 6.45) is -1.94. The van der Waals surface area contributed by atoms with Gasteiger partial charge in [-0.25, -0.2) is 0 Å². The molecular formula is C15H29N2O8P. The Morgan fingerprint density at radius 3 is 2.38 bits per heavy atom. The molecule has 11 heteroatoms. The quantitative estimate of drug-likeness (QED) is 0.321. The van der Waals surface area contributed by atoms with E-state index < -0.39 is 50.0 Å². The molecule has 1 heterocycles. The third-order valence-corrected chi connectivity index (χ3v) is 6.00. The molecule has 10 nitrogen and oxygen atoms in total. The predicted octanol–water partition coefficient (Wildman–Crippen LogP) is -0.571. The Labute approximate surface area is 152 Å². The second kappa shape index (κ2) is 9.27. The van der Waals surface area contributed by atoms with E-state index in [-0.39, 0.29) is 18.7 Å². The van der Waals surface area contributed by atoms with Gasteiger partial charge in [0.2, 0.25) is 11.4 Å². The third-order valence-electron chi connectivity index (χ3n) is 4.03. The number of rotatable bonds is 9. The fourth-order valence-electron chi connectivity index (χ4n) is 2.80. The SMILES string of the molecule is CCOP(=O)(OCC)C1=C[C@H](N)[C@@H](NC(C)=O)[C@](C)([C@H](O)[C@H](O)CO)O1. The Morgan fingerprint density at radius 2 is 1.96 bits per heavy atom. The second-order valence-electron chi connectivity index (χ2n) is 6.07. The van der Waals surface area contributed by atoms with Gasteiger partial charge in [-0.05, 0) is 26.8 Å². The molecule has 0 aromatic carbocycles. The van der Waals surface area contributed by atoms with Gasteiger partial charge in [0.05, 0.1) is 31.9 Å². The van der Waals surface area contributed by atoms with E-state index in [9.17, 15) is 24.7 Å². The third kappa shape index (κ3) is 4.83. The summed E-state index contributed by atoms with van der Waals surface area (Å²) in [6, 6.07) is -1.90. The first-order valence-electron chi connectivity index (χ1n) is 8.35. The highest BCUT2D eigenvalue weighted by atomic mass is 31.2. The number of nitrogens with one attached hydrogen (secondary N) is 1. The molecule has 1 aliphatic heterocycles. The van der Waals surface area contributed by atoms with Gasteiger partial charge in [-0.2, -0.15) is 0 Å². The lowest BCUT2D eigenvalue weighted by molar-refractivity contribution is -0.159. The summed E-state index contributed by atoms with van der Waals surface area (Å²) in [6.45, 7) is 5.27. The molecule has 1 rings (SSSR count). The van der Waals surface area contributed by atoms with E-state index >= 15 is 0 Å². The van der Waals surface area contributed by atoms with Crippen LogP contribution in [0.25, 0.3) is 0 Å². The lowest BCUT2D eigenvalue weighted by atomic mass is 9.81. The number of carbonyl (C=O) groups is 1. The molecule has 0 aliphatic carbocycles. The minimum absolute atomic E-state index is 0.0703. The fourth-order valence-corrected chi connectivity index (χ4v) is 4.47. The van der Waals surface area contributed by atoms with E-state index in [2.05, 4.69) is 5.32 Å². The number of hydrogen-bond acceptors (Lipinski definition) is 9. The monoisotopic (exact) mass is 396 g/mol. The van der Waals surface area contributed by atoms with Crippen molar-refractivity contribution >= 4 is 13.5 Å². The van der Waals surface area contributed by atoms with Crippen LogP contribution >= 0.6 is 7.60 Å². The van der Waals surface area contributed by atoms with Crippen molar-refractivity contribution < 1.29 is 38.5 Å². The molecule has 0 saturated heterocycles. The Balaban J connectivity index is 3.39. The van der Waals surface area contributed by atoms with Gasteiger partial charge in [-0.3, -0.25) is 9.36 Å². The number of hydrogen-bond donors (Lipinski definition) is 5. The van der Waals surface area contributed by atoms with Crippen LogP contribution in [0.3, 0.4) is 0 Å². The summed E-state index contributed by atoms with van der Waals surface area (Å²) in [5.74, 6) is -0.444. The van der Waals surface area contributed by atoms with E-state index in [4.69, 9.17) is 19.5 Å². The van der Waals surface area contributed by atoms with E-state index in [1.807, 2.05) is 0 Å². The van der Waals surface area contributed by atoms with Gasteiger partial charge in [0.1, 0.15) is 12.2 Å². The lowest BCUT2D eigenvalue weighted by Gasteiger charge is -2.47. The zero-order valence-corrected chi connectivity index (χ0v) is 16.3. The molecule has 0 aromatic heterocycles. The maximum atomic E-state index is 13.0. The number of amides is 1. The van der Waals surface area contributed by atoms with Crippen LogP contribution in [0.5, 0.6) is 0 Å². The normalized spacial score (nSPS) is 28.7. The van der Waals surface area contributed by atoms with Crippen molar-refractivity contribution in [3.63, 3.8) is 0 Å². The molecule has 26 heavy (non-hydrogen) atoms. The zero-order valence-electron chi connectivity index (χ0n) is 15.4. The predicted molar refractivity (Wildman–Crippen MR) is 93.1 cm³/mol. The summed E-state index contributed by atoms with van der Waals surface area (Å²) in [4.78, 5) is 11.6. The summed E-state index contributed by atoms with van der Waals surface area (Å²) in [5.41, 5.74) is 4.18. The number of aliphatic hydroxyl groups is 3. The fraction of sp³-hybridized carbons (Fsp3) is 0.800. The van der Waals surface area contributed by atoms with Crippen LogP contribution in [0.1, 0.15) is 27.7 Å². The molecule has 0 saturated carbocycles. The van der Waals surface area contributed by atoms with Crippen LogP contribution in [-0.2, 0) is 23.1 Å². The topological polar surface area (TPSA) is 161 Å². The van der Waals surface area contributed by atoms with Crippen molar-refractivity contribution in [1.29, 1.82) is 0 Å². The lowest BCUT2D eigenvalue weighted by Crippen LogP contribution is -2.68. The highest BCUT2D eigenvalue weighted by Crippen LogP contribution is 2.59. The maximum Gasteiger partial charge on any atom is 0.395 e. The first kappa shape index (κ1) is 23.0. The van der Waals surface area contributed by atoms with Crippen molar-refractivity contribution in [2.75, 3.05) is 19.8 Å². The molecule has 1 aliphatic rings. The summed E-state index contributed by atoms with van der Waals surface area (Å²) in [7, 11) is -3.86. The number of carbonyl (C=O) groups excluding carboxylic acids is 1. The van der Waals surface area contributed by atoms with Crippen molar-refractivity contribution in [1.82, 2.24) is 5.32 Å². The van der Waals surface area contributed by atoms with Crippen molar-refractivity contribution in [3.05, 3.63) is 11.6 Å². The first-order chi connectivity index (χ1) is 12.1. The van der Waals surface area contributed by atoms with Gasteiger partial charge in [0.15, 0.2) is 5.60 Å². The molecule has 0 radical (unpaired) electrons. The highest BCUT2D eigenvalue weighted by Gasteiger charge is 2.54. The van der Waals surface area contributed by atoms with Crippen molar-refractivity contribution in [2.24, 2.45) is 5.73 Å². The van der Waals surface area contributed by atoms with Crippen molar-refractivity contribution in [2.45, 2.75) is 57.6 Å². The van der Waals surface area contributed by atoms with Crippen LogP contribution in [0.4, 0.5) is 0 Å². The summed E-state index contributed by atoms with van der Waals surface area (Å²) in [5, 5.41) is 32.1. The minimum atomic E-state index is -3.86. The Bertz CT molecular complexity index is 562. The van der Waals surface area contributed by atoms with Gasteiger partial charge in [0.25, 0.3) is 0 Å². The van der Waals surface area contributed by atoms with E-state index in [0.29, 0.717) is 0 Å². The number of nitrogens with two attached hydrogens (primary N) is 1. The Kier molecular flexibility index (Phi) is 8.22. The molecule has 0 spiro atoms. The molecule has 0 unspecified atom stereocenters. The van der Waals surface area contributed by atoms with Crippen LogP contribution in [0.2, 0.25) is 0 Å². The van der Waals surface area contributed by atoms with Gasteiger partial charge < -0.3 is 40.2 Å². The molecule has 1 amide bonds. The van der Waals surface area contributed by atoms with Gasteiger partial charge in [0, 0.05) is 6.92 Å². The number of ether oxygens (including phenoxy) is 1. The van der Waals surface area contributed by atoms with E-state index in [0.717, 1.165) is 0 Å². The maximum absolute atomic E-state index is 13.0. The number of aliphatic hydroxyl groups excluding tert-OH is 3. The summed E-state index contributed by atoms with van der Waals surface area (Å²) >= 11 is 0. The summed E-state index contributed by atoms with van der Waals surface area (Å²) < 4.78 is 29.2. The molecule has 0 bridgehead atoms. The molecule has 6 N–H and O–H groups in total. The standard InChI is InChI=1S/C15H29N2O8P/c1-5-23-26(22,24-6-2)12-7-10(16)13(17-9(3)19)15(4,25-12)14(21)11(20)8-18/h7,10-11,13-14,18,20-21H,5-6,8,16H2,1-4H3,(H,17,19)/t10-,11+,13+,14+,15+/m0/s1. The minimum Gasteiger partial charge on any atom is -0.475 e.